The summed E-state index contributed by atoms with van der Waals surface area (Å²) in [7, 11) is 0. The third kappa shape index (κ3) is 2.73. The molecule has 0 amide bonds. The van der Waals surface area contributed by atoms with Crippen LogP contribution in [-0.4, -0.2) is 14.8 Å². The summed E-state index contributed by atoms with van der Waals surface area (Å²) in [6.45, 7) is 0.488. The highest BCUT2D eigenvalue weighted by atomic mass is 79.9. The molecule has 1 aliphatic heterocycles. The lowest BCUT2D eigenvalue weighted by atomic mass is 10.0. The maximum Gasteiger partial charge on any atom is 0.276 e. The molecule has 2 heterocycles. The Labute approximate surface area is 147 Å². The number of halogens is 1. The van der Waals surface area contributed by atoms with Crippen molar-refractivity contribution < 1.29 is 4.74 Å². The second-order valence-electron chi connectivity index (χ2n) is 5.61. The molecule has 0 N–H and O–H groups in total. The number of rotatable bonds is 3. The van der Waals surface area contributed by atoms with Crippen LogP contribution in [0.1, 0.15) is 17.0 Å². The highest BCUT2D eigenvalue weighted by Crippen LogP contribution is 2.27. The first kappa shape index (κ1) is 15.1. The van der Waals surface area contributed by atoms with Crippen LogP contribution in [-0.2, 0) is 19.4 Å². The van der Waals surface area contributed by atoms with E-state index in [2.05, 4.69) is 26.1 Å². The lowest BCUT2D eigenvalue weighted by molar-refractivity contribution is 0.305. The van der Waals surface area contributed by atoms with Gasteiger partial charge in [-0.15, -0.1) is 5.10 Å². The number of aryl methyl sites for hydroxylation is 2. The second-order valence-corrected chi connectivity index (χ2v) is 6.46. The first-order valence-electron chi connectivity index (χ1n) is 7.65. The standard InChI is InChI=1S/C18H14BrN3O2/c19-15-4-2-1-3-13(15)11-24-14-6-7-16-12(9-14)5-8-17-21-20-10-18(23)22(16)17/h1-4,6-7,9-10H,5,8,11H2. The molecule has 120 valence electrons. The van der Waals surface area contributed by atoms with Crippen LogP contribution in [0.3, 0.4) is 0 Å². The molecule has 1 aromatic heterocycles. The number of hydrogen-bond acceptors (Lipinski definition) is 4. The van der Waals surface area contributed by atoms with Gasteiger partial charge in [-0.2, -0.15) is 5.10 Å². The van der Waals surface area contributed by atoms with Crippen molar-refractivity contribution >= 4 is 15.9 Å². The molecule has 24 heavy (non-hydrogen) atoms. The Morgan fingerprint density at radius 2 is 2.04 bits per heavy atom. The molecular formula is C18H14BrN3O2. The van der Waals surface area contributed by atoms with Gasteiger partial charge in [0.15, 0.2) is 0 Å². The zero-order valence-electron chi connectivity index (χ0n) is 12.8. The van der Waals surface area contributed by atoms with Gasteiger partial charge >= 0.3 is 0 Å². The lowest BCUT2D eigenvalue weighted by Crippen LogP contribution is -2.28. The fourth-order valence-corrected chi connectivity index (χ4v) is 3.29. The zero-order valence-corrected chi connectivity index (χ0v) is 14.4. The summed E-state index contributed by atoms with van der Waals surface area (Å²) >= 11 is 3.52. The van der Waals surface area contributed by atoms with Crippen LogP contribution < -0.4 is 10.3 Å². The minimum atomic E-state index is -0.150. The molecule has 0 fully saturated rings. The van der Waals surface area contributed by atoms with Gasteiger partial charge in [0.05, 0.1) is 5.69 Å². The van der Waals surface area contributed by atoms with Gasteiger partial charge in [-0.3, -0.25) is 9.36 Å². The molecule has 0 spiro atoms. The van der Waals surface area contributed by atoms with Crippen LogP contribution in [0.5, 0.6) is 5.75 Å². The van der Waals surface area contributed by atoms with E-state index in [1.807, 2.05) is 42.5 Å². The number of aromatic nitrogens is 3. The second kappa shape index (κ2) is 6.20. The monoisotopic (exact) mass is 383 g/mol. The number of ether oxygens (including phenoxy) is 1. The van der Waals surface area contributed by atoms with Gasteiger partial charge in [0, 0.05) is 16.5 Å². The molecular weight excluding hydrogens is 370 g/mol. The normalized spacial score (nSPS) is 12.4. The van der Waals surface area contributed by atoms with Gasteiger partial charge in [0.25, 0.3) is 5.56 Å². The van der Waals surface area contributed by atoms with E-state index in [0.29, 0.717) is 18.9 Å². The van der Waals surface area contributed by atoms with E-state index in [-0.39, 0.29) is 5.56 Å². The Morgan fingerprint density at radius 3 is 2.92 bits per heavy atom. The molecule has 4 rings (SSSR count). The summed E-state index contributed by atoms with van der Waals surface area (Å²) in [5.74, 6) is 1.50. The van der Waals surface area contributed by atoms with Gasteiger partial charge < -0.3 is 4.74 Å². The minimum absolute atomic E-state index is 0.150. The molecule has 0 saturated carbocycles. The van der Waals surface area contributed by atoms with Crippen molar-refractivity contribution in [2.75, 3.05) is 0 Å². The lowest BCUT2D eigenvalue weighted by Gasteiger charge is -2.20. The Hall–Kier alpha value is -2.47. The Kier molecular flexibility index (Phi) is 3.90. The van der Waals surface area contributed by atoms with Gasteiger partial charge in [-0.1, -0.05) is 34.1 Å². The summed E-state index contributed by atoms with van der Waals surface area (Å²) in [6.07, 6.45) is 2.76. The summed E-state index contributed by atoms with van der Waals surface area (Å²) < 4.78 is 8.57. The molecule has 0 atom stereocenters. The number of benzene rings is 2. The smallest absolute Gasteiger partial charge is 0.276 e. The Balaban J connectivity index is 1.62. The maximum absolute atomic E-state index is 12.1. The molecule has 2 aromatic carbocycles. The molecule has 0 radical (unpaired) electrons. The number of fused-ring (bicyclic) bond motifs is 3. The Morgan fingerprint density at radius 1 is 1.17 bits per heavy atom. The first-order chi connectivity index (χ1) is 11.7. The Bertz CT molecular complexity index is 968. The quantitative estimate of drug-likeness (QED) is 0.697. The highest BCUT2D eigenvalue weighted by molar-refractivity contribution is 9.10. The van der Waals surface area contributed by atoms with Gasteiger partial charge in [0.1, 0.15) is 24.4 Å². The zero-order chi connectivity index (χ0) is 16.5. The third-order valence-corrected chi connectivity index (χ3v) is 4.86. The van der Waals surface area contributed by atoms with E-state index in [9.17, 15) is 4.79 Å². The number of hydrogen-bond donors (Lipinski definition) is 0. The average molecular weight is 384 g/mol. The molecule has 1 aliphatic rings. The molecule has 0 bridgehead atoms. The van der Waals surface area contributed by atoms with Crippen LogP contribution in [0.4, 0.5) is 0 Å². The van der Waals surface area contributed by atoms with Gasteiger partial charge in [-0.25, -0.2) is 0 Å². The molecule has 6 heteroatoms. The van der Waals surface area contributed by atoms with Crippen LogP contribution in [0.15, 0.2) is 57.9 Å². The fourth-order valence-electron chi connectivity index (χ4n) is 2.89. The van der Waals surface area contributed by atoms with Crippen LogP contribution >= 0.6 is 15.9 Å². The fraction of sp³-hybridized carbons (Fsp3) is 0.167. The van der Waals surface area contributed by atoms with Gasteiger partial charge in [0.2, 0.25) is 0 Å². The molecule has 0 saturated heterocycles. The third-order valence-electron chi connectivity index (χ3n) is 4.08. The minimum Gasteiger partial charge on any atom is -0.489 e. The molecule has 5 nitrogen and oxygen atoms in total. The first-order valence-corrected chi connectivity index (χ1v) is 8.45. The van der Waals surface area contributed by atoms with Crippen molar-refractivity contribution in [2.45, 2.75) is 19.4 Å². The van der Waals surface area contributed by atoms with E-state index < -0.39 is 0 Å². The average Bonchev–Trinajstić information content (AvgIpc) is 2.61. The molecule has 3 aromatic rings. The van der Waals surface area contributed by atoms with Crippen molar-refractivity contribution in [1.82, 2.24) is 14.8 Å². The SMILES string of the molecule is O=c1cnnc2n1-c1ccc(OCc3ccccc3Br)cc1CC2. The summed E-state index contributed by atoms with van der Waals surface area (Å²) in [5.41, 5.74) is 2.89. The topological polar surface area (TPSA) is 57.0 Å². The predicted octanol–water partition coefficient (Wildman–Crippen LogP) is 3.07. The predicted molar refractivity (Wildman–Crippen MR) is 93.5 cm³/mol. The van der Waals surface area contributed by atoms with Crippen molar-refractivity contribution in [3.63, 3.8) is 0 Å². The van der Waals surface area contributed by atoms with Crippen molar-refractivity contribution in [1.29, 1.82) is 0 Å². The summed E-state index contributed by atoms with van der Waals surface area (Å²) in [6, 6.07) is 13.8. The molecule has 0 aliphatic carbocycles. The van der Waals surface area contributed by atoms with Crippen LogP contribution in [0.2, 0.25) is 0 Å². The van der Waals surface area contributed by atoms with Gasteiger partial charge in [-0.05, 0) is 36.2 Å². The van der Waals surface area contributed by atoms with Crippen LogP contribution in [0.25, 0.3) is 5.69 Å². The van der Waals surface area contributed by atoms with E-state index >= 15 is 0 Å². The van der Waals surface area contributed by atoms with Crippen LogP contribution in [0, 0.1) is 0 Å². The van der Waals surface area contributed by atoms with Crippen molar-refractivity contribution in [3.05, 3.63) is 80.4 Å². The van der Waals surface area contributed by atoms with E-state index in [0.717, 1.165) is 33.5 Å². The summed E-state index contributed by atoms with van der Waals surface area (Å²) in [5, 5.41) is 7.81. The van der Waals surface area contributed by atoms with E-state index in [4.69, 9.17) is 4.74 Å². The maximum atomic E-state index is 12.1. The van der Waals surface area contributed by atoms with Crippen molar-refractivity contribution in [3.8, 4) is 11.4 Å². The van der Waals surface area contributed by atoms with E-state index in [1.54, 1.807) is 4.57 Å². The molecule has 0 unspecified atom stereocenters. The largest absolute Gasteiger partial charge is 0.489 e. The number of nitrogens with zero attached hydrogens (tertiary/aromatic N) is 3. The summed E-state index contributed by atoms with van der Waals surface area (Å²) in [4.78, 5) is 12.1. The van der Waals surface area contributed by atoms with E-state index in [1.165, 1.54) is 6.20 Å². The highest BCUT2D eigenvalue weighted by Gasteiger charge is 2.18. The van der Waals surface area contributed by atoms with Crippen molar-refractivity contribution in [2.24, 2.45) is 0 Å².